The average Bonchev–Trinajstić information content (AvgIpc) is 2.05. The van der Waals surface area contributed by atoms with Crippen molar-refractivity contribution in [3.05, 3.63) is 24.8 Å². The molecule has 0 amide bonds. The topological polar surface area (TPSA) is 20.2 Å². The van der Waals surface area contributed by atoms with Crippen LogP contribution in [0.1, 0.15) is 32.1 Å². The van der Waals surface area contributed by atoms with Crippen LogP contribution in [0, 0.1) is 5.92 Å². The second-order valence-corrected chi connectivity index (χ2v) is 3.48. The van der Waals surface area contributed by atoms with Gasteiger partial charge in [-0.05, 0) is 38.0 Å². The lowest BCUT2D eigenvalue weighted by molar-refractivity contribution is 0.0951. The molecule has 68 valence electrons. The molecule has 0 unspecified atom stereocenters. The summed E-state index contributed by atoms with van der Waals surface area (Å²) < 4.78 is 0. The first kappa shape index (κ1) is 9.53. The maximum absolute atomic E-state index is 9.72. The van der Waals surface area contributed by atoms with Crippen LogP contribution in [0.15, 0.2) is 24.8 Å². The van der Waals surface area contributed by atoms with E-state index in [4.69, 9.17) is 0 Å². The van der Waals surface area contributed by atoms with Crippen LogP contribution in [0.3, 0.4) is 0 Å². The zero-order valence-electron chi connectivity index (χ0n) is 7.58. The molecule has 0 heterocycles. The minimum absolute atomic E-state index is 0.118. The van der Waals surface area contributed by atoms with Crippen LogP contribution in [0.4, 0.5) is 0 Å². The predicted octanol–water partition coefficient (Wildman–Crippen LogP) is 2.67. The number of hydrogen-bond acceptors (Lipinski definition) is 1. The van der Waals surface area contributed by atoms with E-state index in [1.807, 2.05) is 6.08 Å². The van der Waals surface area contributed by atoms with Gasteiger partial charge in [0.25, 0.3) is 0 Å². The van der Waals surface area contributed by atoms with E-state index in [0.29, 0.717) is 5.92 Å². The second-order valence-electron chi connectivity index (χ2n) is 3.48. The molecule has 0 aromatic carbocycles. The minimum Gasteiger partial charge on any atom is -0.393 e. The quantitative estimate of drug-likeness (QED) is 0.625. The Balaban J connectivity index is 2.45. The third-order valence-corrected chi connectivity index (χ3v) is 2.51. The molecule has 0 aromatic rings. The van der Waals surface area contributed by atoms with E-state index < -0.39 is 0 Å². The van der Waals surface area contributed by atoms with Crippen molar-refractivity contribution in [3.8, 4) is 0 Å². The Hall–Kier alpha value is -0.560. The van der Waals surface area contributed by atoms with Gasteiger partial charge in [-0.3, -0.25) is 0 Å². The van der Waals surface area contributed by atoms with Crippen molar-refractivity contribution in [1.29, 1.82) is 0 Å². The highest BCUT2D eigenvalue weighted by Crippen LogP contribution is 2.22. The van der Waals surface area contributed by atoms with Crippen molar-refractivity contribution in [2.45, 2.75) is 38.2 Å². The van der Waals surface area contributed by atoms with Gasteiger partial charge in [0.15, 0.2) is 0 Å². The van der Waals surface area contributed by atoms with Gasteiger partial charge in [-0.25, -0.2) is 0 Å². The molecule has 0 radical (unpaired) electrons. The molecule has 12 heavy (non-hydrogen) atoms. The van der Waals surface area contributed by atoms with E-state index in [1.165, 1.54) is 0 Å². The molecule has 0 fully saturated rings. The lowest BCUT2D eigenvalue weighted by Crippen LogP contribution is -2.20. The van der Waals surface area contributed by atoms with Gasteiger partial charge in [-0.15, -0.1) is 6.58 Å². The zero-order chi connectivity index (χ0) is 8.81. The Bertz CT molecular complexity index is 160. The van der Waals surface area contributed by atoms with E-state index in [0.717, 1.165) is 32.1 Å². The molecule has 1 heteroatoms. The SMILES string of the molecule is C=CC[C@@H]1CC/C=C\CC[C@H]1O. The van der Waals surface area contributed by atoms with Gasteiger partial charge in [-0.1, -0.05) is 18.2 Å². The molecule has 1 nitrogen and oxygen atoms in total. The normalized spacial score (nSPS) is 33.4. The summed E-state index contributed by atoms with van der Waals surface area (Å²) in [7, 11) is 0. The summed E-state index contributed by atoms with van der Waals surface area (Å²) in [4.78, 5) is 0. The Morgan fingerprint density at radius 1 is 1.33 bits per heavy atom. The van der Waals surface area contributed by atoms with Gasteiger partial charge in [0, 0.05) is 0 Å². The number of aliphatic hydroxyl groups is 1. The Labute approximate surface area is 74.8 Å². The van der Waals surface area contributed by atoms with Crippen molar-refractivity contribution in [2.75, 3.05) is 0 Å². The molecule has 1 aliphatic rings. The van der Waals surface area contributed by atoms with Crippen molar-refractivity contribution in [2.24, 2.45) is 5.92 Å². The summed E-state index contributed by atoms with van der Waals surface area (Å²) in [5, 5.41) is 9.72. The van der Waals surface area contributed by atoms with Crippen molar-refractivity contribution in [3.63, 3.8) is 0 Å². The summed E-state index contributed by atoms with van der Waals surface area (Å²) in [6.07, 6.45) is 11.3. The molecule has 0 spiro atoms. The van der Waals surface area contributed by atoms with E-state index >= 15 is 0 Å². The molecule has 1 aliphatic carbocycles. The van der Waals surface area contributed by atoms with E-state index in [9.17, 15) is 5.11 Å². The van der Waals surface area contributed by atoms with Crippen LogP contribution in [-0.4, -0.2) is 11.2 Å². The Morgan fingerprint density at radius 2 is 2.00 bits per heavy atom. The highest BCUT2D eigenvalue weighted by molar-refractivity contribution is 4.89. The molecule has 0 saturated heterocycles. The molecule has 0 aliphatic heterocycles. The minimum atomic E-state index is -0.118. The summed E-state index contributed by atoms with van der Waals surface area (Å²) in [6.45, 7) is 3.71. The lowest BCUT2D eigenvalue weighted by Gasteiger charge is -2.22. The molecule has 2 atom stereocenters. The fourth-order valence-corrected chi connectivity index (χ4v) is 1.73. The smallest absolute Gasteiger partial charge is 0.0574 e. The molecular formula is C11H18O. The second kappa shape index (κ2) is 5.15. The third kappa shape index (κ3) is 2.82. The van der Waals surface area contributed by atoms with Crippen molar-refractivity contribution < 1.29 is 5.11 Å². The van der Waals surface area contributed by atoms with Crippen molar-refractivity contribution in [1.82, 2.24) is 0 Å². The van der Waals surface area contributed by atoms with Crippen LogP contribution >= 0.6 is 0 Å². The van der Waals surface area contributed by atoms with Crippen LogP contribution in [0.5, 0.6) is 0 Å². The highest BCUT2D eigenvalue weighted by Gasteiger charge is 2.17. The fourth-order valence-electron chi connectivity index (χ4n) is 1.73. The first-order valence-electron chi connectivity index (χ1n) is 4.78. The maximum Gasteiger partial charge on any atom is 0.0574 e. The van der Waals surface area contributed by atoms with Gasteiger partial charge < -0.3 is 5.11 Å². The van der Waals surface area contributed by atoms with Crippen LogP contribution in [-0.2, 0) is 0 Å². The van der Waals surface area contributed by atoms with E-state index in [2.05, 4.69) is 18.7 Å². The highest BCUT2D eigenvalue weighted by atomic mass is 16.3. The summed E-state index contributed by atoms with van der Waals surface area (Å²) in [5.41, 5.74) is 0. The standard InChI is InChI=1S/C11H18O/c1-2-7-10-8-5-3-4-6-9-11(10)12/h2-4,10-12H,1,5-9H2/b4-3-/t10-,11-/m1/s1. The van der Waals surface area contributed by atoms with Gasteiger partial charge >= 0.3 is 0 Å². The predicted molar refractivity (Wildman–Crippen MR) is 51.9 cm³/mol. The van der Waals surface area contributed by atoms with Crippen LogP contribution in [0.25, 0.3) is 0 Å². The maximum atomic E-state index is 9.72. The van der Waals surface area contributed by atoms with Gasteiger partial charge in [0.1, 0.15) is 0 Å². The van der Waals surface area contributed by atoms with Gasteiger partial charge in [0.2, 0.25) is 0 Å². The lowest BCUT2D eigenvalue weighted by atomic mass is 9.89. The molecular weight excluding hydrogens is 148 g/mol. The monoisotopic (exact) mass is 166 g/mol. The van der Waals surface area contributed by atoms with Gasteiger partial charge in [0.05, 0.1) is 6.10 Å². The number of hydrogen-bond donors (Lipinski definition) is 1. The molecule has 1 rings (SSSR count). The van der Waals surface area contributed by atoms with Crippen LogP contribution in [0.2, 0.25) is 0 Å². The molecule has 0 aromatic heterocycles. The van der Waals surface area contributed by atoms with E-state index in [1.54, 1.807) is 0 Å². The average molecular weight is 166 g/mol. The number of aliphatic hydroxyl groups excluding tert-OH is 1. The summed E-state index contributed by atoms with van der Waals surface area (Å²) in [5.74, 6) is 0.437. The fraction of sp³-hybridized carbons (Fsp3) is 0.636. The van der Waals surface area contributed by atoms with E-state index in [-0.39, 0.29) is 6.10 Å². The number of allylic oxidation sites excluding steroid dienone is 3. The van der Waals surface area contributed by atoms with Crippen molar-refractivity contribution >= 4 is 0 Å². The first-order valence-corrected chi connectivity index (χ1v) is 4.78. The third-order valence-electron chi connectivity index (χ3n) is 2.51. The molecule has 0 bridgehead atoms. The zero-order valence-corrected chi connectivity index (χ0v) is 7.58. The van der Waals surface area contributed by atoms with Gasteiger partial charge in [-0.2, -0.15) is 0 Å². The largest absolute Gasteiger partial charge is 0.393 e. The number of rotatable bonds is 2. The summed E-state index contributed by atoms with van der Waals surface area (Å²) >= 11 is 0. The Kier molecular flexibility index (Phi) is 4.09. The first-order chi connectivity index (χ1) is 5.84. The molecule has 1 N–H and O–H groups in total. The molecule has 0 saturated carbocycles. The Morgan fingerprint density at radius 3 is 2.67 bits per heavy atom. The summed E-state index contributed by atoms with van der Waals surface area (Å²) in [6, 6.07) is 0. The van der Waals surface area contributed by atoms with Crippen LogP contribution < -0.4 is 0 Å².